The van der Waals surface area contributed by atoms with Crippen molar-refractivity contribution < 1.29 is 15.0 Å². The summed E-state index contributed by atoms with van der Waals surface area (Å²) in [6.07, 6.45) is 3.84. The van der Waals surface area contributed by atoms with Gasteiger partial charge in [0.1, 0.15) is 12.0 Å². The molecule has 0 amide bonds. The molecule has 1 unspecified atom stereocenters. The van der Waals surface area contributed by atoms with Gasteiger partial charge in [0.05, 0.1) is 0 Å². The molecule has 2 N–H and O–H groups in total. The van der Waals surface area contributed by atoms with Gasteiger partial charge < -0.3 is 15.0 Å². The number of carbonyl (C=O) groups excluding carboxylic acids is 1. The number of carbonyl (C=O) groups is 1. The maximum absolute atomic E-state index is 10.1. The summed E-state index contributed by atoms with van der Waals surface area (Å²) in [7, 11) is 0. The van der Waals surface area contributed by atoms with E-state index in [9.17, 15) is 4.79 Å². The summed E-state index contributed by atoms with van der Waals surface area (Å²) in [5, 5.41) is 17.7. The van der Waals surface area contributed by atoms with Gasteiger partial charge in [-0.15, -0.1) is 0 Å². The third kappa shape index (κ3) is 1.18. The van der Waals surface area contributed by atoms with E-state index in [1.165, 1.54) is 6.08 Å². The molecule has 1 aliphatic carbocycles. The molecule has 1 rings (SSSR count). The second-order valence-electron chi connectivity index (χ2n) is 2.20. The lowest BCUT2D eigenvalue weighted by molar-refractivity contribution is -0.110. The van der Waals surface area contributed by atoms with Crippen LogP contribution in [-0.2, 0) is 4.79 Å². The Morgan fingerprint density at radius 2 is 2.30 bits per heavy atom. The molecular formula is C7H8O3. The summed E-state index contributed by atoms with van der Waals surface area (Å²) >= 11 is 0. The Morgan fingerprint density at radius 3 is 2.80 bits per heavy atom. The molecule has 0 heterocycles. The Labute approximate surface area is 58.3 Å². The van der Waals surface area contributed by atoms with Gasteiger partial charge >= 0.3 is 0 Å². The molecule has 0 aliphatic heterocycles. The van der Waals surface area contributed by atoms with Crippen molar-refractivity contribution in [2.45, 2.75) is 6.42 Å². The van der Waals surface area contributed by atoms with Crippen LogP contribution in [0.5, 0.6) is 0 Å². The molecule has 1 atom stereocenters. The zero-order valence-corrected chi connectivity index (χ0v) is 5.32. The standard InChI is InChI=1S/C7H8O3/c8-4-5-1-2-6(9)7(10)3-5/h1-2,4-5,9-10H,3H2. The Hall–Kier alpha value is -1.25. The molecule has 0 aromatic rings. The summed E-state index contributed by atoms with van der Waals surface area (Å²) in [5.74, 6) is -0.534. The smallest absolute Gasteiger partial charge is 0.152 e. The number of hydrogen-bond acceptors (Lipinski definition) is 3. The van der Waals surface area contributed by atoms with Crippen LogP contribution in [0.4, 0.5) is 0 Å². The van der Waals surface area contributed by atoms with Crippen LogP contribution in [0.2, 0.25) is 0 Å². The van der Waals surface area contributed by atoms with E-state index in [-0.39, 0.29) is 23.9 Å². The summed E-state index contributed by atoms with van der Waals surface area (Å²) in [5.41, 5.74) is 0. The van der Waals surface area contributed by atoms with Gasteiger partial charge in [-0.1, -0.05) is 6.08 Å². The molecule has 0 aromatic heterocycles. The third-order valence-electron chi connectivity index (χ3n) is 1.40. The fourth-order valence-corrected chi connectivity index (χ4v) is 0.800. The molecule has 3 nitrogen and oxygen atoms in total. The van der Waals surface area contributed by atoms with Crippen LogP contribution in [0.1, 0.15) is 6.42 Å². The highest BCUT2D eigenvalue weighted by Gasteiger charge is 2.13. The van der Waals surface area contributed by atoms with Gasteiger partial charge in [-0.25, -0.2) is 0 Å². The molecule has 0 saturated carbocycles. The third-order valence-corrected chi connectivity index (χ3v) is 1.40. The number of hydrogen-bond donors (Lipinski definition) is 2. The van der Waals surface area contributed by atoms with Crippen molar-refractivity contribution in [2.75, 3.05) is 0 Å². The molecule has 3 heteroatoms. The molecule has 10 heavy (non-hydrogen) atoms. The minimum absolute atomic E-state index is 0.111. The van der Waals surface area contributed by atoms with E-state index in [0.717, 1.165) is 6.29 Å². The Morgan fingerprint density at radius 1 is 1.60 bits per heavy atom. The fourth-order valence-electron chi connectivity index (χ4n) is 0.800. The first-order valence-corrected chi connectivity index (χ1v) is 2.98. The van der Waals surface area contributed by atoms with E-state index in [2.05, 4.69) is 0 Å². The highest BCUT2D eigenvalue weighted by atomic mass is 16.3. The summed E-state index contributed by atoms with van der Waals surface area (Å²) in [6, 6.07) is 0. The van der Waals surface area contributed by atoms with Gasteiger partial charge in [-0.2, -0.15) is 0 Å². The van der Waals surface area contributed by atoms with E-state index in [1.54, 1.807) is 6.08 Å². The van der Waals surface area contributed by atoms with Crippen LogP contribution >= 0.6 is 0 Å². The van der Waals surface area contributed by atoms with Gasteiger partial charge in [0.25, 0.3) is 0 Å². The molecule has 0 aromatic carbocycles. The summed E-state index contributed by atoms with van der Waals surface area (Å²) in [6.45, 7) is 0. The van der Waals surface area contributed by atoms with Gasteiger partial charge in [-0.3, -0.25) is 0 Å². The van der Waals surface area contributed by atoms with Crippen LogP contribution in [0, 0.1) is 5.92 Å². The van der Waals surface area contributed by atoms with E-state index in [4.69, 9.17) is 10.2 Å². The number of aliphatic hydroxyl groups excluding tert-OH is 2. The van der Waals surface area contributed by atoms with Gasteiger partial charge in [-0.05, 0) is 6.08 Å². The second-order valence-corrected chi connectivity index (χ2v) is 2.20. The quantitative estimate of drug-likeness (QED) is 0.536. The molecular weight excluding hydrogens is 132 g/mol. The predicted octanol–water partition coefficient (Wildman–Crippen LogP) is 1.09. The van der Waals surface area contributed by atoms with Crippen molar-refractivity contribution in [3.63, 3.8) is 0 Å². The Balaban J connectivity index is 2.73. The van der Waals surface area contributed by atoms with Crippen LogP contribution in [0.3, 0.4) is 0 Å². The first kappa shape index (κ1) is 6.86. The van der Waals surface area contributed by atoms with Crippen molar-refractivity contribution in [1.82, 2.24) is 0 Å². The molecule has 0 spiro atoms. The van der Waals surface area contributed by atoms with E-state index >= 15 is 0 Å². The number of aliphatic hydroxyl groups is 2. The zero-order valence-electron chi connectivity index (χ0n) is 5.32. The lowest BCUT2D eigenvalue weighted by Gasteiger charge is -2.09. The number of allylic oxidation sites excluding steroid dienone is 3. The van der Waals surface area contributed by atoms with Crippen molar-refractivity contribution >= 4 is 6.29 Å². The van der Waals surface area contributed by atoms with Crippen molar-refractivity contribution in [3.8, 4) is 0 Å². The summed E-state index contributed by atoms with van der Waals surface area (Å²) < 4.78 is 0. The fraction of sp³-hybridized carbons (Fsp3) is 0.286. The van der Waals surface area contributed by atoms with E-state index in [0.29, 0.717) is 0 Å². The summed E-state index contributed by atoms with van der Waals surface area (Å²) in [4.78, 5) is 10.1. The van der Waals surface area contributed by atoms with Crippen LogP contribution in [-0.4, -0.2) is 16.5 Å². The monoisotopic (exact) mass is 140 g/mol. The number of aldehydes is 1. The highest BCUT2D eigenvalue weighted by Crippen LogP contribution is 2.17. The van der Waals surface area contributed by atoms with Crippen molar-refractivity contribution in [2.24, 2.45) is 5.92 Å². The van der Waals surface area contributed by atoms with Gasteiger partial charge in [0.15, 0.2) is 5.76 Å². The molecule has 54 valence electrons. The minimum atomic E-state index is -0.282. The van der Waals surface area contributed by atoms with Gasteiger partial charge in [0, 0.05) is 12.3 Å². The minimum Gasteiger partial charge on any atom is -0.508 e. The first-order valence-electron chi connectivity index (χ1n) is 2.98. The van der Waals surface area contributed by atoms with E-state index < -0.39 is 0 Å². The van der Waals surface area contributed by atoms with Crippen molar-refractivity contribution in [1.29, 1.82) is 0 Å². The maximum atomic E-state index is 10.1. The van der Waals surface area contributed by atoms with Crippen LogP contribution < -0.4 is 0 Å². The van der Waals surface area contributed by atoms with Crippen LogP contribution in [0.25, 0.3) is 0 Å². The van der Waals surface area contributed by atoms with Crippen molar-refractivity contribution in [3.05, 3.63) is 23.7 Å². The largest absolute Gasteiger partial charge is 0.508 e. The van der Waals surface area contributed by atoms with Gasteiger partial charge in [0.2, 0.25) is 0 Å². The van der Waals surface area contributed by atoms with E-state index in [1.807, 2.05) is 0 Å². The van der Waals surface area contributed by atoms with Crippen LogP contribution in [0.15, 0.2) is 23.7 Å². The molecule has 0 saturated heterocycles. The Bertz CT molecular complexity index is 203. The average Bonchev–Trinajstić information content (AvgIpc) is 1.95. The molecule has 0 fully saturated rings. The first-order chi connectivity index (χ1) is 4.74. The topological polar surface area (TPSA) is 57.5 Å². The predicted molar refractivity (Wildman–Crippen MR) is 35.6 cm³/mol. The molecule has 1 aliphatic rings. The average molecular weight is 140 g/mol. The SMILES string of the molecule is O=CC1C=CC(O)=C(O)C1. The zero-order chi connectivity index (χ0) is 7.56. The number of rotatable bonds is 1. The normalized spacial score (nSPS) is 25.0. The highest BCUT2D eigenvalue weighted by molar-refractivity contribution is 5.58. The molecule has 0 radical (unpaired) electrons. The lowest BCUT2D eigenvalue weighted by Crippen LogP contribution is -2.05. The molecule has 0 bridgehead atoms. The lowest BCUT2D eigenvalue weighted by atomic mass is 10.0. The Kier molecular flexibility index (Phi) is 1.76. The second kappa shape index (κ2) is 2.56. The maximum Gasteiger partial charge on any atom is 0.152 e.